The second-order valence-corrected chi connectivity index (χ2v) is 6.11. The van der Waals surface area contributed by atoms with E-state index in [-0.39, 0.29) is 18.2 Å². The van der Waals surface area contributed by atoms with Gasteiger partial charge in [0.1, 0.15) is 11.5 Å². The van der Waals surface area contributed by atoms with Gasteiger partial charge in [-0.15, -0.1) is 0 Å². The standard InChI is InChI=1S/C20H22N2O4/c1-25-16-6-3-5-14(11-16)12-19(23)21-15-8-9-18(26-2)17(13-15)22-10-4-7-20(22)24/h3,5-6,8-9,11,13H,4,7,10,12H2,1-2H3,(H,21,23). The summed E-state index contributed by atoms with van der Waals surface area (Å²) in [6.07, 6.45) is 1.60. The summed E-state index contributed by atoms with van der Waals surface area (Å²) in [6, 6.07) is 12.7. The van der Waals surface area contributed by atoms with Crippen LogP contribution in [0.25, 0.3) is 0 Å². The second-order valence-electron chi connectivity index (χ2n) is 6.11. The highest BCUT2D eigenvalue weighted by Gasteiger charge is 2.24. The summed E-state index contributed by atoms with van der Waals surface area (Å²) < 4.78 is 10.5. The molecule has 1 fully saturated rings. The summed E-state index contributed by atoms with van der Waals surface area (Å²) in [4.78, 5) is 26.1. The van der Waals surface area contributed by atoms with Crippen molar-refractivity contribution in [3.05, 3.63) is 48.0 Å². The molecule has 0 unspecified atom stereocenters. The molecule has 6 nitrogen and oxygen atoms in total. The number of ether oxygens (including phenoxy) is 2. The summed E-state index contributed by atoms with van der Waals surface area (Å²) in [5, 5.41) is 2.88. The molecule has 1 saturated heterocycles. The van der Waals surface area contributed by atoms with Crippen molar-refractivity contribution < 1.29 is 19.1 Å². The number of carbonyl (C=O) groups is 2. The summed E-state index contributed by atoms with van der Waals surface area (Å²) in [5.74, 6) is 1.27. The smallest absolute Gasteiger partial charge is 0.228 e. The minimum absolute atomic E-state index is 0.0724. The van der Waals surface area contributed by atoms with E-state index in [1.807, 2.05) is 24.3 Å². The molecular weight excluding hydrogens is 332 g/mol. The summed E-state index contributed by atoms with van der Waals surface area (Å²) in [6.45, 7) is 0.663. The first kappa shape index (κ1) is 17.8. The van der Waals surface area contributed by atoms with E-state index in [2.05, 4.69) is 5.32 Å². The van der Waals surface area contributed by atoms with Crippen molar-refractivity contribution in [3.8, 4) is 11.5 Å². The molecule has 6 heteroatoms. The van der Waals surface area contributed by atoms with Gasteiger partial charge in [-0.05, 0) is 42.3 Å². The number of hydrogen-bond acceptors (Lipinski definition) is 4. The van der Waals surface area contributed by atoms with Gasteiger partial charge in [-0.25, -0.2) is 0 Å². The average Bonchev–Trinajstić information content (AvgIpc) is 3.07. The lowest BCUT2D eigenvalue weighted by Crippen LogP contribution is -2.24. The zero-order valence-corrected chi connectivity index (χ0v) is 15.0. The summed E-state index contributed by atoms with van der Waals surface area (Å²) in [7, 11) is 3.16. The minimum Gasteiger partial charge on any atom is -0.497 e. The van der Waals surface area contributed by atoms with E-state index in [0.717, 1.165) is 17.7 Å². The van der Waals surface area contributed by atoms with Crippen LogP contribution in [0.15, 0.2) is 42.5 Å². The Bertz CT molecular complexity index is 819. The zero-order valence-electron chi connectivity index (χ0n) is 15.0. The van der Waals surface area contributed by atoms with Gasteiger partial charge in [-0.2, -0.15) is 0 Å². The van der Waals surface area contributed by atoms with Crippen LogP contribution in [-0.2, 0) is 16.0 Å². The predicted molar refractivity (Wildman–Crippen MR) is 99.9 cm³/mol. The lowest BCUT2D eigenvalue weighted by Gasteiger charge is -2.20. The maximum Gasteiger partial charge on any atom is 0.228 e. The molecule has 1 N–H and O–H groups in total. The largest absolute Gasteiger partial charge is 0.497 e. The number of carbonyl (C=O) groups excluding carboxylic acids is 2. The van der Waals surface area contributed by atoms with Gasteiger partial charge in [0.25, 0.3) is 0 Å². The molecule has 0 bridgehead atoms. The molecule has 0 saturated carbocycles. The number of nitrogens with one attached hydrogen (secondary N) is 1. The van der Waals surface area contributed by atoms with Crippen LogP contribution in [0.5, 0.6) is 11.5 Å². The van der Waals surface area contributed by atoms with Crippen LogP contribution >= 0.6 is 0 Å². The maximum absolute atomic E-state index is 12.4. The highest BCUT2D eigenvalue weighted by Crippen LogP contribution is 2.34. The first-order chi connectivity index (χ1) is 12.6. The molecule has 3 rings (SSSR count). The van der Waals surface area contributed by atoms with Crippen molar-refractivity contribution in [1.29, 1.82) is 0 Å². The number of benzene rings is 2. The van der Waals surface area contributed by atoms with Crippen LogP contribution in [0.3, 0.4) is 0 Å². The van der Waals surface area contributed by atoms with Crippen LogP contribution in [0.1, 0.15) is 18.4 Å². The Morgan fingerprint density at radius 1 is 1.15 bits per heavy atom. The molecule has 0 spiro atoms. The highest BCUT2D eigenvalue weighted by atomic mass is 16.5. The third-order valence-corrected chi connectivity index (χ3v) is 4.33. The minimum atomic E-state index is -0.137. The van der Waals surface area contributed by atoms with Crippen molar-refractivity contribution in [1.82, 2.24) is 0 Å². The lowest BCUT2D eigenvalue weighted by molar-refractivity contribution is -0.117. The quantitative estimate of drug-likeness (QED) is 0.866. The summed E-state index contributed by atoms with van der Waals surface area (Å²) >= 11 is 0. The summed E-state index contributed by atoms with van der Waals surface area (Å²) in [5.41, 5.74) is 2.19. The molecule has 0 aliphatic carbocycles. The second kappa shape index (κ2) is 7.91. The molecule has 1 aliphatic rings. The van der Waals surface area contributed by atoms with E-state index in [1.54, 1.807) is 37.3 Å². The molecule has 0 aromatic heterocycles. The Morgan fingerprint density at radius 3 is 2.69 bits per heavy atom. The molecule has 2 aromatic carbocycles. The van der Waals surface area contributed by atoms with E-state index in [0.29, 0.717) is 30.1 Å². The average molecular weight is 354 g/mol. The zero-order chi connectivity index (χ0) is 18.5. The molecular formula is C20H22N2O4. The molecule has 0 atom stereocenters. The number of nitrogens with zero attached hydrogens (tertiary/aromatic N) is 1. The number of methoxy groups -OCH3 is 2. The molecule has 0 radical (unpaired) electrons. The van der Waals surface area contributed by atoms with Crippen molar-refractivity contribution >= 4 is 23.2 Å². The van der Waals surface area contributed by atoms with Crippen LogP contribution < -0.4 is 19.7 Å². The van der Waals surface area contributed by atoms with E-state index in [4.69, 9.17) is 9.47 Å². The van der Waals surface area contributed by atoms with Gasteiger partial charge in [0.05, 0.1) is 26.3 Å². The van der Waals surface area contributed by atoms with Gasteiger partial charge < -0.3 is 19.7 Å². The molecule has 2 aromatic rings. The highest BCUT2D eigenvalue weighted by molar-refractivity contribution is 5.98. The SMILES string of the molecule is COc1cccc(CC(=O)Nc2ccc(OC)c(N3CCCC3=O)c2)c1. The van der Waals surface area contributed by atoms with Crippen molar-refractivity contribution in [2.24, 2.45) is 0 Å². The van der Waals surface area contributed by atoms with Crippen molar-refractivity contribution in [2.45, 2.75) is 19.3 Å². The number of anilines is 2. The van der Waals surface area contributed by atoms with Crippen LogP contribution in [0, 0.1) is 0 Å². The molecule has 1 heterocycles. The Morgan fingerprint density at radius 2 is 2.00 bits per heavy atom. The van der Waals surface area contributed by atoms with Gasteiger partial charge in [0.2, 0.25) is 11.8 Å². The maximum atomic E-state index is 12.4. The van der Waals surface area contributed by atoms with Gasteiger partial charge in [0, 0.05) is 18.7 Å². The first-order valence-corrected chi connectivity index (χ1v) is 8.52. The van der Waals surface area contributed by atoms with E-state index < -0.39 is 0 Å². The van der Waals surface area contributed by atoms with Gasteiger partial charge >= 0.3 is 0 Å². The lowest BCUT2D eigenvalue weighted by atomic mass is 10.1. The Labute approximate surface area is 152 Å². The fourth-order valence-corrected chi connectivity index (χ4v) is 3.05. The van der Waals surface area contributed by atoms with Gasteiger partial charge in [-0.1, -0.05) is 12.1 Å². The normalized spacial score (nSPS) is 13.6. The molecule has 26 heavy (non-hydrogen) atoms. The Hall–Kier alpha value is -3.02. The predicted octanol–water partition coefficient (Wildman–Crippen LogP) is 3.01. The molecule has 2 amide bonds. The monoisotopic (exact) mass is 354 g/mol. The van der Waals surface area contributed by atoms with Crippen LogP contribution in [-0.4, -0.2) is 32.6 Å². The van der Waals surface area contributed by atoms with E-state index in [9.17, 15) is 9.59 Å². The Kier molecular flexibility index (Phi) is 5.41. The van der Waals surface area contributed by atoms with E-state index in [1.165, 1.54) is 0 Å². The first-order valence-electron chi connectivity index (χ1n) is 8.52. The molecule has 1 aliphatic heterocycles. The third-order valence-electron chi connectivity index (χ3n) is 4.33. The van der Waals surface area contributed by atoms with Crippen LogP contribution in [0.4, 0.5) is 11.4 Å². The van der Waals surface area contributed by atoms with Gasteiger partial charge in [0.15, 0.2) is 0 Å². The number of rotatable bonds is 6. The van der Waals surface area contributed by atoms with E-state index >= 15 is 0 Å². The number of hydrogen-bond donors (Lipinski definition) is 1. The topological polar surface area (TPSA) is 67.9 Å². The third kappa shape index (κ3) is 3.96. The van der Waals surface area contributed by atoms with Crippen molar-refractivity contribution in [3.63, 3.8) is 0 Å². The fraction of sp³-hybridized carbons (Fsp3) is 0.300. The van der Waals surface area contributed by atoms with Crippen molar-refractivity contribution in [2.75, 3.05) is 31.0 Å². The number of amides is 2. The Balaban J connectivity index is 1.74. The molecule has 136 valence electrons. The fourth-order valence-electron chi connectivity index (χ4n) is 3.05. The van der Waals surface area contributed by atoms with Crippen LogP contribution in [0.2, 0.25) is 0 Å². The van der Waals surface area contributed by atoms with Gasteiger partial charge in [-0.3, -0.25) is 9.59 Å².